The number of hydrogen-bond donors (Lipinski definition) is 1. The number of rotatable bonds is 10. The number of hydrogen-bond acceptors (Lipinski definition) is 5. The molecular weight excluding hydrogens is 382 g/mol. The van der Waals surface area contributed by atoms with E-state index >= 15 is 0 Å². The maximum atomic E-state index is 13.0. The van der Waals surface area contributed by atoms with Crippen molar-refractivity contribution < 1.29 is 22.8 Å². The third-order valence-corrected chi connectivity index (χ3v) is 7.37. The lowest BCUT2D eigenvalue weighted by molar-refractivity contribution is -0.140. The Hall–Kier alpha value is -1.64. The number of imide groups is 1. The molecule has 0 aromatic heterocycles. The zero-order chi connectivity index (χ0) is 20.9. The van der Waals surface area contributed by atoms with Crippen LogP contribution in [-0.2, 0) is 19.4 Å². The average molecular weight is 416 g/mol. The second-order valence-corrected chi connectivity index (χ2v) is 10.1. The molecule has 0 aromatic rings. The lowest BCUT2D eigenvalue weighted by atomic mass is 9.88. The van der Waals surface area contributed by atoms with Gasteiger partial charge in [-0.05, 0) is 25.7 Å². The molecule has 8 nitrogen and oxygen atoms in total. The Bertz CT molecular complexity index is 700. The van der Waals surface area contributed by atoms with Crippen molar-refractivity contribution in [1.29, 1.82) is 0 Å². The number of nitrogens with zero attached hydrogens (tertiary/aromatic N) is 2. The maximum Gasteiger partial charge on any atom is 0.325 e. The van der Waals surface area contributed by atoms with Crippen LogP contribution in [0.1, 0.15) is 65.7 Å². The second kappa shape index (κ2) is 9.24. The maximum absolute atomic E-state index is 13.0. The first-order valence-electron chi connectivity index (χ1n) is 10.3. The van der Waals surface area contributed by atoms with Crippen molar-refractivity contribution in [2.24, 2.45) is 0 Å². The summed E-state index contributed by atoms with van der Waals surface area (Å²) in [7, 11) is -3.13. The lowest BCUT2D eigenvalue weighted by Crippen LogP contribution is -2.49. The van der Waals surface area contributed by atoms with Gasteiger partial charge in [-0.15, -0.1) is 0 Å². The molecule has 4 amide bonds. The van der Waals surface area contributed by atoms with Gasteiger partial charge in [-0.1, -0.05) is 40.0 Å². The fraction of sp³-hybridized carbons (Fsp3) is 0.842. The molecule has 2 aliphatic rings. The number of sulfone groups is 1. The van der Waals surface area contributed by atoms with E-state index in [1.54, 1.807) is 4.90 Å². The molecule has 2 heterocycles. The minimum absolute atomic E-state index is 0.0434. The molecule has 0 aliphatic carbocycles. The summed E-state index contributed by atoms with van der Waals surface area (Å²) in [6.07, 6.45) is 4.59. The van der Waals surface area contributed by atoms with E-state index in [1.165, 1.54) is 0 Å². The summed E-state index contributed by atoms with van der Waals surface area (Å²) in [6.45, 7) is 6.01. The van der Waals surface area contributed by atoms with Crippen molar-refractivity contribution in [1.82, 2.24) is 15.1 Å². The van der Waals surface area contributed by atoms with E-state index in [1.807, 2.05) is 20.8 Å². The van der Waals surface area contributed by atoms with Gasteiger partial charge in [-0.2, -0.15) is 0 Å². The summed E-state index contributed by atoms with van der Waals surface area (Å²) in [5.74, 6) is -0.669. The Morgan fingerprint density at radius 1 is 1.18 bits per heavy atom. The van der Waals surface area contributed by atoms with Crippen LogP contribution in [0.5, 0.6) is 0 Å². The highest BCUT2D eigenvalue weighted by Gasteiger charge is 2.50. The number of nitrogens with one attached hydrogen (secondary N) is 1. The molecule has 2 aliphatic heterocycles. The molecular formula is C19H33N3O5S. The van der Waals surface area contributed by atoms with Crippen LogP contribution in [0.4, 0.5) is 4.79 Å². The molecule has 0 saturated carbocycles. The second-order valence-electron chi connectivity index (χ2n) is 7.90. The highest BCUT2D eigenvalue weighted by Crippen LogP contribution is 2.28. The molecule has 9 heteroatoms. The van der Waals surface area contributed by atoms with Crippen LogP contribution in [0, 0.1) is 0 Å². The zero-order valence-corrected chi connectivity index (χ0v) is 18.0. The van der Waals surface area contributed by atoms with E-state index < -0.39 is 21.4 Å². The molecule has 2 rings (SSSR count). The Labute approximate surface area is 167 Å². The highest BCUT2D eigenvalue weighted by atomic mass is 32.2. The van der Waals surface area contributed by atoms with Gasteiger partial charge >= 0.3 is 6.03 Å². The van der Waals surface area contributed by atoms with Gasteiger partial charge in [0.1, 0.15) is 12.1 Å². The first-order valence-corrected chi connectivity index (χ1v) is 12.2. The summed E-state index contributed by atoms with van der Waals surface area (Å²) in [5, 5.41) is 2.81. The van der Waals surface area contributed by atoms with Gasteiger partial charge in [0.05, 0.1) is 11.5 Å². The van der Waals surface area contributed by atoms with Crippen molar-refractivity contribution in [2.75, 3.05) is 24.6 Å². The average Bonchev–Trinajstić information content (AvgIpc) is 3.08. The summed E-state index contributed by atoms with van der Waals surface area (Å²) in [4.78, 5) is 41.0. The van der Waals surface area contributed by atoms with Crippen LogP contribution in [0.3, 0.4) is 0 Å². The van der Waals surface area contributed by atoms with E-state index in [0.29, 0.717) is 25.8 Å². The van der Waals surface area contributed by atoms with Gasteiger partial charge in [-0.25, -0.2) is 13.2 Å². The fourth-order valence-electron chi connectivity index (χ4n) is 4.22. The van der Waals surface area contributed by atoms with Crippen LogP contribution in [0.15, 0.2) is 0 Å². The third kappa shape index (κ3) is 4.85. The first kappa shape index (κ1) is 22.6. The van der Waals surface area contributed by atoms with Gasteiger partial charge in [0, 0.05) is 12.6 Å². The van der Waals surface area contributed by atoms with E-state index in [-0.39, 0.29) is 35.9 Å². The topological polar surface area (TPSA) is 104 Å². The predicted molar refractivity (Wildman–Crippen MR) is 106 cm³/mol. The SMILES string of the molecule is CCCCN(C(=O)CN1C(=O)NC(CCC)(CCC)C1=O)C1CCS(=O)(=O)C1. The normalized spacial score (nSPS) is 23.1. The number of unbranched alkanes of at least 4 members (excludes halogenated alkanes) is 1. The van der Waals surface area contributed by atoms with Crippen molar-refractivity contribution in [3.05, 3.63) is 0 Å². The van der Waals surface area contributed by atoms with E-state index in [9.17, 15) is 22.8 Å². The molecule has 1 unspecified atom stereocenters. The first-order chi connectivity index (χ1) is 13.2. The molecule has 160 valence electrons. The fourth-order valence-corrected chi connectivity index (χ4v) is 5.95. The number of carbonyl (C=O) groups is 3. The van der Waals surface area contributed by atoms with Crippen molar-refractivity contribution in [3.8, 4) is 0 Å². The summed E-state index contributed by atoms with van der Waals surface area (Å²) < 4.78 is 23.7. The monoisotopic (exact) mass is 415 g/mol. The highest BCUT2D eigenvalue weighted by molar-refractivity contribution is 7.91. The molecule has 2 saturated heterocycles. The van der Waals surface area contributed by atoms with Crippen LogP contribution in [-0.4, -0.2) is 72.2 Å². The Kier molecular flexibility index (Phi) is 7.47. The third-order valence-electron chi connectivity index (χ3n) is 5.61. The summed E-state index contributed by atoms with van der Waals surface area (Å²) >= 11 is 0. The van der Waals surface area contributed by atoms with Crippen LogP contribution in [0.2, 0.25) is 0 Å². The van der Waals surface area contributed by atoms with Crippen LogP contribution < -0.4 is 5.32 Å². The molecule has 1 atom stereocenters. The van der Waals surface area contributed by atoms with Crippen molar-refractivity contribution in [3.63, 3.8) is 0 Å². The minimum Gasteiger partial charge on any atom is -0.337 e. The Morgan fingerprint density at radius 2 is 1.82 bits per heavy atom. The van der Waals surface area contributed by atoms with Gasteiger partial charge in [0.15, 0.2) is 9.84 Å². The molecule has 0 bridgehead atoms. The molecule has 28 heavy (non-hydrogen) atoms. The lowest BCUT2D eigenvalue weighted by Gasteiger charge is -2.30. The number of carbonyl (C=O) groups excluding carboxylic acids is 3. The van der Waals surface area contributed by atoms with E-state index in [4.69, 9.17) is 0 Å². The minimum atomic E-state index is -3.13. The van der Waals surface area contributed by atoms with Gasteiger partial charge < -0.3 is 10.2 Å². The van der Waals surface area contributed by atoms with E-state index in [2.05, 4.69) is 5.32 Å². The summed E-state index contributed by atoms with van der Waals surface area (Å²) in [6, 6.07) is -0.907. The largest absolute Gasteiger partial charge is 0.337 e. The predicted octanol–water partition coefficient (Wildman–Crippen LogP) is 1.69. The quantitative estimate of drug-likeness (QED) is 0.547. The standard InChI is InChI=1S/C19H33N3O5S/c1-4-7-11-21(15-8-12-28(26,27)14-15)16(23)13-22-17(24)19(9-5-2,10-6-3)20-18(22)25/h15H,4-14H2,1-3H3,(H,20,25). The van der Waals surface area contributed by atoms with Crippen molar-refractivity contribution >= 4 is 27.7 Å². The van der Waals surface area contributed by atoms with Crippen molar-refractivity contribution in [2.45, 2.75) is 77.3 Å². The van der Waals surface area contributed by atoms with E-state index in [0.717, 1.165) is 30.6 Å². The molecule has 0 spiro atoms. The van der Waals surface area contributed by atoms with Gasteiger partial charge in [-0.3, -0.25) is 14.5 Å². The number of urea groups is 1. The molecule has 0 radical (unpaired) electrons. The zero-order valence-electron chi connectivity index (χ0n) is 17.2. The number of amides is 4. The van der Waals surface area contributed by atoms with Gasteiger partial charge in [0.2, 0.25) is 5.91 Å². The van der Waals surface area contributed by atoms with Crippen LogP contribution in [0.25, 0.3) is 0 Å². The summed E-state index contributed by atoms with van der Waals surface area (Å²) in [5.41, 5.74) is -0.925. The Balaban J connectivity index is 2.15. The Morgan fingerprint density at radius 3 is 2.32 bits per heavy atom. The smallest absolute Gasteiger partial charge is 0.325 e. The van der Waals surface area contributed by atoms with Crippen LogP contribution >= 0.6 is 0 Å². The molecule has 0 aromatic carbocycles. The molecule has 1 N–H and O–H groups in total. The van der Waals surface area contributed by atoms with Gasteiger partial charge in [0.25, 0.3) is 5.91 Å². The molecule has 2 fully saturated rings.